The molecule has 0 spiro atoms. The fourth-order valence-electron chi connectivity index (χ4n) is 1.93. The first-order chi connectivity index (χ1) is 9.23. The molecule has 5 nitrogen and oxygen atoms in total. The number of carbonyl (C=O) groups excluding carboxylic acids is 3. The van der Waals surface area contributed by atoms with Crippen molar-refractivity contribution >= 4 is 42.0 Å². The molecule has 1 aromatic rings. The summed E-state index contributed by atoms with van der Waals surface area (Å²) in [4.78, 5) is 37.7. The molecule has 1 saturated heterocycles. The van der Waals surface area contributed by atoms with Crippen molar-refractivity contribution in [3.63, 3.8) is 0 Å². The van der Waals surface area contributed by atoms with Gasteiger partial charge in [-0.25, -0.2) is 0 Å². The summed E-state index contributed by atoms with van der Waals surface area (Å²) in [5, 5.41) is 2.46. The average molecular weight is 313 g/mol. The van der Waals surface area contributed by atoms with Gasteiger partial charge in [-0.3, -0.25) is 19.7 Å². The monoisotopic (exact) mass is 312 g/mol. The molecule has 1 heterocycles. The van der Waals surface area contributed by atoms with E-state index >= 15 is 0 Å². The van der Waals surface area contributed by atoms with Gasteiger partial charge in [0.1, 0.15) is 12.1 Å². The second kappa shape index (κ2) is 5.10. The van der Waals surface area contributed by atoms with Crippen molar-refractivity contribution in [2.75, 3.05) is 6.54 Å². The fourth-order valence-corrected chi connectivity index (χ4v) is 2.33. The summed E-state index contributed by atoms with van der Waals surface area (Å²) in [5.41, 5.74) is -0.907. The molecule has 1 aliphatic heterocycles. The van der Waals surface area contributed by atoms with E-state index < -0.39 is 23.3 Å². The van der Waals surface area contributed by atoms with Crippen molar-refractivity contribution in [1.29, 1.82) is 0 Å². The summed E-state index contributed by atoms with van der Waals surface area (Å²) in [6.07, 6.45) is 0. The SMILES string of the molecule is CC1(C)C(=O)NC(=O)CN1C(=O)c1cc(S)ccc1Cl. The molecule has 0 radical (unpaired) electrons. The average Bonchev–Trinajstić information content (AvgIpc) is 2.36. The summed E-state index contributed by atoms with van der Waals surface area (Å²) >= 11 is 10.2. The summed E-state index contributed by atoms with van der Waals surface area (Å²) in [6, 6.07) is 4.72. The number of halogens is 1. The van der Waals surface area contributed by atoms with E-state index in [0.29, 0.717) is 4.90 Å². The molecule has 0 saturated carbocycles. The number of thiol groups is 1. The highest BCUT2D eigenvalue weighted by molar-refractivity contribution is 7.80. The summed E-state index contributed by atoms with van der Waals surface area (Å²) < 4.78 is 0. The van der Waals surface area contributed by atoms with Crippen LogP contribution in [-0.4, -0.2) is 34.7 Å². The van der Waals surface area contributed by atoms with E-state index in [4.69, 9.17) is 11.6 Å². The van der Waals surface area contributed by atoms with Gasteiger partial charge in [-0.1, -0.05) is 11.6 Å². The van der Waals surface area contributed by atoms with Crippen molar-refractivity contribution in [2.24, 2.45) is 0 Å². The number of hydrogen-bond acceptors (Lipinski definition) is 4. The smallest absolute Gasteiger partial charge is 0.256 e. The van der Waals surface area contributed by atoms with E-state index in [0.717, 1.165) is 0 Å². The molecule has 1 aromatic carbocycles. The van der Waals surface area contributed by atoms with Crippen LogP contribution in [0.4, 0.5) is 0 Å². The van der Waals surface area contributed by atoms with Gasteiger partial charge in [-0.2, -0.15) is 0 Å². The molecule has 3 amide bonds. The molecule has 0 aromatic heterocycles. The van der Waals surface area contributed by atoms with Crippen LogP contribution in [0.2, 0.25) is 5.02 Å². The molecule has 1 aliphatic rings. The molecule has 0 unspecified atom stereocenters. The van der Waals surface area contributed by atoms with Crippen LogP contribution >= 0.6 is 24.2 Å². The molecule has 1 fully saturated rings. The third kappa shape index (κ3) is 2.53. The zero-order chi connectivity index (χ0) is 15.1. The molecule has 106 valence electrons. The Kier molecular flexibility index (Phi) is 3.80. The minimum Gasteiger partial charge on any atom is -0.315 e. The molecule has 1 N–H and O–H groups in total. The van der Waals surface area contributed by atoms with Crippen LogP contribution in [0, 0.1) is 0 Å². The number of imide groups is 1. The van der Waals surface area contributed by atoms with E-state index in [1.807, 2.05) is 0 Å². The van der Waals surface area contributed by atoms with Gasteiger partial charge in [-0.15, -0.1) is 12.6 Å². The first-order valence-corrected chi connectivity index (χ1v) is 6.71. The molecule has 2 rings (SSSR count). The summed E-state index contributed by atoms with van der Waals surface area (Å²) in [7, 11) is 0. The number of benzene rings is 1. The maximum Gasteiger partial charge on any atom is 0.256 e. The van der Waals surface area contributed by atoms with E-state index in [1.165, 1.54) is 11.0 Å². The Bertz CT molecular complexity index is 616. The number of nitrogens with one attached hydrogen (secondary N) is 1. The maximum atomic E-state index is 12.6. The van der Waals surface area contributed by atoms with E-state index in [-0.39, 0.29) is 17.1 Å². The Balaban J connectivity index is 2.43. The molecule has 7 heteroatoms. The van der Waals surface area contributed by atoms with Crippen LogP contribution in [0.15, 0.2) is 23.1 Å². The first kappa shape index (κ1) is 14.9. The van der Waals surface area contributed by atoms with Crippen LogP contribution < -0.4 is 5.32 Å². The van der Waals surface area contributed by atoms with Crippen molar-refractivity contribution in [1.82, 2.24) is 10.2 Å². The number of carbonyl (C=O) groups is 3. The molecular weight excluding hydrogens is 300 g/mol. The van der Waals surface area contributed by atoms with Gasteiger partial charge < -0.3 is 4.90 Å². The minimum atomic E-state index is -1.12. The molecule has 0 atom stereocenters. The van der Waals surface area contributed by atoms with Crippen molar-refractivity contribution in [3.05, 3.63) is 28.8 Å². The number of rotatable bonds is 1. The third-order valence-corrected chi connectivity index (χ3v) is 3.82. The standard InChI is InChI=1S/C13H13ClN2O3S/c1-13(2)12(19)15-10(17)6-16(13)11(18)8-5-7(20)3-4-9(8)14/h3-5,20H,6H2,1-2H3,(H,15,17,19). The zero-order valence-corrected chi connectivity index (χ0v) is 12.6. The topological polar surface area (TPSA) is 66.5 Å². The lowest BCUT2D eigenvalue weighted by molar-refractivity contribution is -0.143. The third-order valence-electron chi connectivity index (χ3n) is 3.21. The van der Waals surface area contributed by atoms with Gasteiger partial charge in [0.2, 0.25) is 5.91 Å². The number of nitrogens with zero attached hydrogens (tertiary/aromatic N) is 1. The predicted molar refractivity (Wildman–Crippen MR) is 77.0 cm³/mol. The first-order valence-electron chi connectivity index (χ1n) is 5.88. The molecule has 20 heavy (non-hydrogen) atoms. The van der Waals surface area contributed by atoms with Gasteiger partial charge in [0.05, 0.1) is 10.6 Å². The van der Waals surface area contributed by atoms with Crippen LogP contribution in [0.3, 0.4) is 0 Å². The second-order valence-electron chi connectivity index (χ2n) is 4.99. The Morgan fingerprint density at radius 1 is 1.40 bits per heavy atom. The maximum absolute atomic E-state index is 12.6. The van der Waals surface area contributed by atoms with Crippen LogP contribution in [-0.2, 0) is 9.59 Å². The summed E-state index contributed by atoms with van der Waals surface area (Å²) in [5.74, 6) is -1.50. The number of piperazine rings is 1. The highest BCUT2D eigenvalue weighted by atomic mass is 35.5. The van der Waals surface area contributed by atoms with E-state index in [1.54, 1.807) is 26.0 Å². The lowest BCUT2D eigenvalue weighted by Gasteiger charge is -2.40. The van der Waals surface area contributed by atoms with Crippen LogP contribution in [0.1, 0.15) is 24.2 Å². The van der Waals surface area contributed by atoms with E-state index in [2.05, 4.69) is 17.9 Å². The Morgan fingerprint density at radius 3 is 2.70 bits per heavy atom. The quantitative estimate of drug-likeness (QED) is 0.610. The van der Waals surface area contributed by atoms with Crippen molar-refractivity contribution in [3.8, 4) is 0 Å². The highest BCUT2D eigenvalue weighted by Crippen LogP contribution is 2.26. The predicted octanol–water partition coefficient (Wildman–Crippen LogP) is 1.51. The fraction of sp³-hybridized carbons (Fsp3) is 0.308. The van der Waals surface area contributed by atoms with Crippen LogP contribution in [0.5, 0.6) is 0 Å². The van der Waals surface area contributed by atoms with Gasteiger partial charge >= 0.3 is 0 Å². The lowest BCUT2D eigenvalue weighted by Crippen LogP contribution is -2.65. The zero-order valence-electron chi connectivity index (χ0n) is 10.9. The van der Waals surface area contributed by atoms with Gasteiger partial charge in [0.15, 0.2) is 0 Å². The van der Waals surface area contributed by atoms with Crippen molar-refractivity contribution in [2.45, 2.75) is 24.3 Å². The molecule has 0 aliphatic carbocycles. The van der Waals surface area contributed by atoms with Crippen molar-refractivity contribution < 1.29 is 14.4 Å². The lowest BCUT2D eigenvalue weighted by atomic mass is 9.97. The van der Waals surface area contributed by atoms with E-state index in [9.17, 15) is 14.4 Å². The second-order valence-corrected chi connectivity index (χ2v) is 5.92. The summed E-state index contributed by atoms with van der Waals surface area (Å²) in [6.45, 7) is 2.96. The number of hydrogen-bond donors (Lipinski definition) is 2. The molecular formula is C13H13ClN2O3S. The number of amides is 3. The van der Waals surface area contributed by atoms with Gasteiger partial charge in [0, 0.05) is 4.90 Å². The molecule has 0 bridgehead atoms. The van der Waals surface area contributed by atoms with Gasteiger partial charge in [0.25, 0.3) is 11.8 Å². The largest absolute Gasteiger partial charge is 0.315 e. The van der Waals surface area contributed by atoms with Gasteiger partial charge in [-0.05, 0) is 32.0 Å². The Hall–Kier alpha value is -1.53. The minimum absolute atomic E-state index is 0.190. The Labute approximate surface area is 126 Å². The van der Waals surface area contributed by atoms with Crippen LogP contribution in [0.25, 0.3) is 0 Å². The highest BCUT2D eigenvalue weighted by Gasteiger charge is 2.44. The Morgan fingerprint density at radius 2 is 2.05 bits per heavy atom. The normalized spacial score (nSPS) is 17.9.